The second-order valence-electron chi connectivity index (χ2n) is 3.80. The van der Waals surface area contributed by atoms with Gasteiger partial charge in [-0.05, 0) is 25.8 Å². The van der Waals surface area contributed by atoms with Gasteiger partial charge in [0.1, 0.15) is 0 Å². The van der Waals surface area contributed by atoms with E-state index in [0.717, 1.165) is 13.0 Å². The number of nitrogens with zero attached hydrogens (tertiary/aromatic N) is 1. The van der Waals surface area contributed by atoms with Crippen LogP contribution in [0.5, 0.6) is 0 Å². The Morgan fingerprint density at radius 1 is 1.46 bits per heavy atom. The minimum atomic E-state index is -0.691. The van der Waals surface area contributed by atoms with E-state index in [2.05, 4.69) is 11.8 Å². The molecule has 1 fully saturated rings. The Bertz CT molecular complexity index is 166. The molecule has 0 radical (unpaired) electrons. The Balaban J connectivity index is 2.17. The molecular weight excluding hydrogens is 166 g/mol. The minimum Gasteiger partial charge on any atom is -0.480 e. The van der Waals surface area contributed by atoms with Crippen LogP contribution in [0, 0.1) is 0 Å². The maximum Gasteiger partial charge on any atom is 0.317 e. The van der Waals surface area contributed by atoms with Crippen molar-refractivity contribution in [1.29, 1.82) is 0 Å². The molecule has 0 amide bonds. The first kappa shape index (κ1) is 10.5. The molecule has 1 aliphatic rings. The van der Waals surface area contributed by atoms with Gasteiger partial charge in [-0.3, -0.25) is 9.69 Å². The molecule has 0 unspecified atom stereocenters. The average Bonchev–Trinajstić information content (AvgIpc) is 2.84. The van der Waals surface area contributed by atoms with Gasteiger partial charge in [0, 0.05) is 6.04 Å². The zero-order valence-electron chi connectivity index (χ0n) is 8.33. The summed E-state index contributed by atoms with van der Waals surface area (Å²) < 4.78 is 0. The lowest BCUT2D eigenvalue weighted by Gasteiger charge is -2.18. The summed E-state index contributed by atoms with van der Waals surface area (Å²) in [6.45, 7) is 3.36. The van der Waals surface area contributed by atoms with E-state index >= 15 is 0 Å². The smallest absolute Gasteiger partial charge is 0.317 e. The van der Waals surface area contributed by atoms with E-state index in [1.54, 1.807) is 0 Å². The molecule has 0 spiro atoms. The van der Waals surface area contributed by atoms with Crippen LogP contribution in [0.25, 0.3) is 0 Å². The number of carboxylic acid groups (broad SMARTS) is 1. The molecule has 1 rings (SSSR count). The van der Waals surface area contributed by atoms with Gasteiger partial charge < -0.3 is 5.11 Å². The molecule has 0 bridgehead atoms. The van der Waals surface area contributed by atoms with Crippen molar-refractivity contribution in [2.24, 2.45) is 0 Å². The number of carboxylic acids is 1. The zero-order valence-corrected chi connectivity index (χ0v) is 8.33. The van der Waals surface area contributed by atoms with Crippen molar-refractivity contribution in [1.82, 2.24) is 4.90 Å². The maximum atomic E-state index is 10.5. The molecule has 76 valence electrons. The molecule has 3 heteroatoms. The summed E-state index contributed by atoms with van der Waals surface area (Å²) in [5.41, 5.74) is 0. The summed E-state index contributed by atoms with van der Waals surface area (Å²) in [6, 6.07) is 0.577. The predicted molar refractivity (Wildman–Crippen MR) is 51.8 cm³/mol. The van der Waals surface area contributed by atoms with Crippen LogP contribution in [0.15, 0.2) is 0 Å². The Morgan fingerprint density at radius 2 is 2.15 bits per heavy atom. The maximum absolute atomic E-state index is 10.5. The number of rotatable bonds is 7. The quantitative estimate of drug-likeness (QED) is 0.614. The van der Waals surface area contributed by atoms with E-state index in [4.69, 9.17) is 5.11 Å². The zero-order chi connectivity index (χ0) is 9.68. The molecule has 0 aromatic heterocycles. The van der Waals surface area contributed by atoms with Crippen molar-refractivity contribution < 1.29 is 9.90 Å². The van der Waals surface area contributed by atoms with E-state index in [1.807, 2.05) is 0 Å². The Hall–Kier alpha value is -0.570. The molecule has 1 N–H and O–H groups in total. The van der Waals surface area contributed by atoms with Gasteiger partial charge >= 0.3 is 5.97 Å². The van der Waals surface area contributed by atoms with Crippen LogP contribution in [0.1, 0.15) is 39.0 Å². The molecule has 0 saturated heterocycles. The first-order valence-electron chi connectivity index (χ1n) is 5.20. The summed E-state index contributed by atoms with van der Waals surface area (Å²) >= 11 is 0. The summed E-state index contributed by atoms with van der Waals surface area (Å²) in [6.07, 6.45) is 5.94. The van der Waals surface area contributed by atoms with Gasteiger partial charge in [-0.25, -0.2) is 0 Å². The summed E-state index contributed by atoms with van der Waals surface area (Å²) in [5, 5.41) is 8.68. The first-order valence-corrected chi connectivity index (χ1v) is 5.20. The van der Waals surface area contributed by atoms with Crippen LogP contribution in [-0.4, -0.2) is 35.1 Å². The van der Waals surface area contributed by atoms with Crippen molar-refractivity contribution in [3.63, 3.8) is 0 Å². The van der Waals surface area contributed by atoms with Crippen molar-refractivity contribution in [3.8, 4) is 0 Å². The molecule has 0 aliphatic heterocycles. The molecule has 0 aromatic carbocycles. The Morgan fingerprint density at radius 3 is 2.62 bits per heavy atom. The average molecular weight is 185 g/mol. The van der Waals surface area contributed by atoms with Crippen LogP contribution in [-0.2, 0) is 4.79 Å². The number of hydrogen-bond acceptors (Lipinski definition) is 2. The second kappa shape index (κ2) is 5.22. The molecule has 1 saturated carbocycles. The SMILES string of the molecule is CCCCCN(CC(=O)O)C1CC1. The normalized spacial score (nSPS) is 16.5. The van der Waals surface area contributed by atoms with Crippen LogP contribution < -0.4 is 0 Å². The standard InChI is InChI=1S/C10H19NO2/c1-2-3-4-7-11(8-10(12)13)9-5-6-9/h9H,2-8H2,1H3,(H,12,13). The fraction of sp³-hybridized carbons (Fsp3) is 0.900. The lowest BCUT2D eigenvalue weighted by Crippen LogP contribution is -2.32. The number of carbonyl (C=O) groups is 1. The largest absolute Gasteiger partial charge is 0.480 e. The molecule has 3 nitrogen and oxygen atoms in total. The molecule has 0 atom stereocenters. The minimum absolute atomic E-state index is 0.231. The van der Waals surface area contributed by atoms with Gasteiger partial charge in [0.25, 0.3) is 0 Å². The van der Waals surface area contributed by atoms with E-state index in [1.165, 1.54) is 25.7 Å². The van der Waals surface area contributed by atoms with Crippen molar-refractivity contribution >= 4 is 5.97 Å². The van der Waals surface area contributed by atoms with Crippen LogP contribution in [0.4, 0.5) is 0 Å². The van der Waals surface area contributed by atoms with Gasteiger partial charge in [-0.2, -0.15) is 0 Å². The van der Waals surface area contributed by atoms with Gasteiger partial charge in [0.2, 0.25) is 0 Å². The first-order chi connectivity index (χ1) is 6.24. The van der Waals surface area contributed by atoms with Gasteiger partial charge in [0.05, 0.1) is 6.54 Å². The van der Waals surface area contributed by atoms with Crippen molar-refractivity contribution in [2.75, 3.05) is 13.1 Å². The van der Waals surface area contributed by atoms with Gasteiger partial charge in [-0.15, -0.1) is 0 Å². The molecule has 13 heavy (non-hydrogen) atoms. The number of unbranched alkanes of at least 4 members (excludes halogenated alkanes) is 2. The van der Waals surface area contributed by atoms with E-state index < -0.39 is 5.97 Å². The van der Waals surface area contributed by atoms with Crippen LogP contribution in [0.3, 0.4) is 0 Å². The summed E-state index contributed by atoms with van der Waals surface area (Å²) in [5.74, 6) is -0.691. The lowest BCUT2D eigenvalue weighted by molar-refractivity contribution is -0.138. The third kappa shape index (κ3) is 4.27. The Labute approximate surface area is 79.7 Å². The Kier molecular flexibility index (Phi) is 4.22. The molecular formula is C10H19NO2. The summed E-state index contributed by atoms with van der Waals surface area (Å²) in [4.78, 5) is 12.6. The van der Waals surface area contributed by atoms with Gasteiger partial charge in [0.15, 0.2) is 0 Å². The highest BCUT2D eigenvalue weighted by atomic mass is 16.4. The third-order valence-corrected chi connectivity index (χ3v) is 2.45. The fourth-order valence-electron chi connectivity index (χ4n) is 1.57. The monoisotopic (exact) mass is 185 g/mol. The van der Waals surface area contributed by atoms with Gasteiger partial charge in [-0.1, -0.05) is 19.8 Å². The lowest BCUT2D eigenvalue weighted by atomic mass is 10.2. The van der Waals surface area contributed by atoms with Crippen molar-refractivity contribution in [3.05, 3.63) is 0 Å². The number of hydrogen-bond donors (Lipinski definition) is 1. The van der Waals surface area contributed by atoms with Crippen LogP contribution in [0.2, 0.25) is 0 Å². The summed E-state index contributed by atoms with van der Waals surface area (Å²) in [7, 11) is 0. The fourth-order valence-corrected chi connectivity index (χ4v) is 1.57. The van der Waals surface area contributed by atoms with E-state index in [9.17, 15) is 4.79 Å². The predicted octanol–water partition coefficient (Wildman–Crippen LogP) is 1.73. The van der Waals surface area contributed by atoms with Crippen LogP contribution >= 0.6 is 0 Å². The molecule has 0 heterocycles. The van der Waals surface area contributed by atoms with E-state index in [0.29, 0.717) is 6.04 Å². The number of aliphatic carboxylic acids is 1. The highest BCUT2D eigenvalue weighted by molar-refractivity contribution is 5.69. The third-order valence-electron chi connectivity index (χ3n) is 2.45. The molecule has 1 aliphatic carbocycles. The molecule has 0 aromatic rings. The van der Waals surface area contributed by atoms with E-state index in [-0.39, 0.29) is 6.54 Å². The topological polar surface area (TPSA) is 40.5 Å². The van der Waals surface area contributed by atoms with Crippen molar-refractivity contribution in [2.45, 2.75) is 45.1 Å². The highest BCUT2D eigenvalue weighted by Gasteiger charge is 2.29. The second-order valence-corrected chi connectivity index (χ2v) is 3.80. The highest BCUT2D eigenvalue weighted by Crippen LogP contribution is 2.26.